The van der Waals surface area contributed by atoms with Crippen molar-refractivity contribution in [1.82, 2.24) is 0 Å². The molecule has 2 rings (SSSR count). The quantitative estimate of drug-likeness (QED) is 0.789. The van der Waals surface area contributed by atoms with Crippen LogP contribution in [-0.4, -0.2) is 13.2 Å². The molecule has 0 aromatic heterocycles. The van der Waals surface area contributed by atoms with Crippen LogP contribution in [0.1, 0.15) is 13.8 Å². The van der Waals surface area contributed by atoms with Crippen LogP contribution < -0.4 is 9.47 Å². The van der Waals surface area contributed by atoms with E-state index in [1.54, 1.807) is 0 Å². The lowest BCUT2D eigenvalue weighted by Crippen LogP contribution is -1.99. The average Bonchev–Trinajstić information content (AvgIpc) is 2.41. The molecule has 1 radical (unpaired) electrons. The summed E-state index contributed by atoms with van der Waals surface area (Å²) in [5.74, 6) is 1.63. The summed E-state index contributed by atoms with van der Waals surface area (Å²) in [7, 11) is 0. The second-order valence-electron chi connectivity index (χ2n) is 3.79. The van der Waals surface area contributed by atoms with Crippen molar-refractivity contribution in [2.24, 2.45) is 0 Å². The molecule has 0 saturated heterocycles. The zero-order valence-corrected chi connectivity index (χ0v) is 10.8. The predicted molar refractivity (Wildman–Crippen MR) is 73.1 cm³/mol. The molecule has 2 heteroatoms. The van der Waals surface area contributed by atoms with E-state index in [4.69, 9.17) is 9.47 Å². The molecule has 93 valence electrons. The van der Waals surface area contributed by atoms with Crippen molar-refractivity contribution in [1.29, 1.82) is 0 Å². The fourth-order valence-corrected chi connectivity index (χ4v) is 1.89. The standard InChI is InChI=1S/C16H17O2/c1-3-17-14-11-8-12-15(18-4-2)16(14)13-9-6-5-7-10-13/h5-7,9-12H,3-4H2,1-2H3. The van der Waals surface area contributed by atoms with Crippen LogP contribution in [0.5, 0.6) is 11.5 Å². The van der Waals surface area contributed by atoms with Gasteiger partial charge in [-0.05, 0) is 37.6 Å². The summed E-state index contributed by atoms with van der Waals surface area (Å²) in [6.45, 7) is 5.21. The Bertz CT molecular complexity index is 467. The topological polar surface area (TPSA) is 18.5 Å². The number of ether oxygens (including phenoxy) is 2. The summed E-state index contributed by atoms with van der Waals surface area (Å²) >= 11 is 0. The molecule has 0 bridgehead atoms. The van der Waals surface area contributed by atoms with E-state index in [1.807, 2.05) is 44.2 Å². The maximum absolute atomic E-state index is 5.67. The maximum atomic E-state index is 5.67. The SMILES string of the molecule is CCOc1c[c]cc(OCC)c1-c1ccccc1. The Balaban J connectivity index is 2.53. The molecule has 0 aliphatic carbocycles. The molecule has 0 atom stereocenters. The van der Waals surface area contributed by atoms with E-state index in [1.165, 1.54) is 0 Å². The van der Waals surface area contributed by atoms with E-state index in [0.29, 0.717) is 13.2 Å². The first-order valence-corrected chi connectivity index (χ1v) is 6.22. The van der Waals surface area contributed by atoms with Gasteiger partial charge in [-0.1, -0.05) is 30.3 Å². The number of hydrogen-bond acceptors (Lipinski definition) is 2. The minimum Gasteiger partial charge on any atom is -0.493 e. The molecule has 2 nitrogen and oxygen atoms in total. The predicted octanol–water partition coefficient (Wildman–Crippen LogP) is 3.95. The van der Waals surface area contributed by atoms with Crippen molar-refractivity contribution in [2.75, 3.05) is 13.2 Å². The third kappa shape index (κ3) is 2.65. The number of hydrogen-bond donors (Lipinski definition) is 0. The highest BCUT2D eigenvalue weighted by Gasteiger charge is 2.12. The molecular formula is C16H17O2. The number of benzene rings is 2. The summed E-state index contributed by atoms with van der Waals surface area (Å²) in [5, 5.41) is 0. The Hall–Kier alpha value is -1.96. The highest BCUT2D eigenvalue weighted by atomic mass is 16.5. The lowest BCUT2D eigenvalue weighted by Gasteiger charge is -2.15. The second-order valence-corrected chi connectivity index (χ2v) is 3.79. The van der Waals surface area contributed by atoms with Gasteiger partial charge in [-0.3, -0.25) is 0 Å². The first-order chi connectivity index (χ1) is 8.86. The summed E-state index contributed by atoms with van der Waals surface area (Å²) in [6, 6.07) is 16.9. The van der Waals surface area contributed by atoms with Gasteiger partial charge in [-0.15, -0.1) is 0 Å². The van der Waals surface area contributed by atoms with Crippen LogP contribution in [0.4, 0.5) is 0 Å². The van der Waals surface area contributed by atoms with Gasteiger partial charge in [0.25, 0.3) is 0 Å². The van der Waals surface area contributed by atoms with Gasteiger partial charge < -0.3 is 9.47 Å². The third-order valence-electron chi connectivity index (χ3n) is 2.58. The van der Waals surface area contributed by atoms with Crippen molar-refractivity contribution >= 4 is 0 Å². The molecular weight excluding hydrogens is 224 g/mol. The van der Waals surface area contributed by atoms with Crippen LogP contribution in [0, 0.1) is 6.07 Å². The lowest BCUT2D eigenvalue weighted by molar-refractivity contribution is 0.325. The second kappa shape index (κ2) is 6.10. The fraction of sp³-hybridized carbons (Fsp3) is 0.250. The molecule has 2 aromatic carbocycles. The van der Waals surface area contributed by atoms with Gasteiger partial charge in [0.05, 0.1) is 18.8 Å². The van der Waals surface area contributed by atoms with Crippen molar-refractivity contribution in [3.05, 3.63) is 48.5 Å². The van der Waals surface area contributed by atoms with Gasteiger partial charge in [-0.25, -0.2) is 0 Å². The maximum Gasteiger partial charge on any atom is 0.131 e. The van der Waals surface area contributed by atoms with Gasteiger partial charge in [0.1, 0.15) is 11.5 Å². The Labute approximate surface area is 108 Å². The Morgan fingerprint density at radius 3 is 1.94 bits per heavy atom. The van der Waals surface area contributed by atoms with Crippen molar-refractivity contribution in [2.45, 2.75) is 13.8 Å². The molecule has 0 unspecified atom stereocenters. The van der Waals surface area contributed by atoms with Gasteiger partial charge in [-0.2, -0.15) is 0 Å². The molecule has 0 heterocycles. The molecule has 2 aromatic rings. The first kappa shape index (κ1) is 12.5. The minimum absolute atomic E-state index is 0.628. The van der Waals surface area contributed by atoms with Crippen molar-refractivity contribution in [3.8, 4) is 22.6 Å². The third-order valence-corrected chi connectivity index (χ3v) is 2.58. The van der Waals surface area contributed by atoms with Gasteiger partial charge in [0, 0.05) is 0 Å². The van der Waals surface area contributed by atoms with Crippen LogP contribution in [0.3, 0.4) is 0 Å². The highest BCUT2D eigenvalue weighted by Crippen LogP contribution is 2.38. The summed E-state index contributed by atoms with van der Waals surface area (Å²) < 4.78 is 11.3. The van der Waals surface area contributed by atoms with Crippen LogP contribution >= 0.6 is 0 Å². The Morgan fingerprint density at radius 1 is 0.889 bits per heavy atom. The molecule has 0 spiro atoms. The molecule has 0 saturated carbocycles. The van der Waals surface area contributed by atoms with Crippen LogP contribution in [0.25, 0.3) is 11.1 Å². The normalized spacial score (nSPS) is 10.1. The lowest BCUT2D eigenvalue weighted by atomic mass is 10.0. The first-order valence-electron chi connectivity index (χ1n) is 6.22. The smallest absolute Gasteiger partial charge is 0.131 e. The molecule has 0 aliphatic rings. The van der Waals surface area contributed by atoms with Gasteiger partial charge >= 0.3 is 0 Å². The summed E-state index contributed by atoms with van der Waals surface area (Å²) in [6.07, 6.45) is 0. The zero-order valence-electron chi connectivity index (χ0n) is 10.8. The average molecular weight is 241 g/mol. The van der Waals surface area contributed by atoms with Crippen molar-refractivity contribution in [3.63, 3.8) is 0 Å². The van der Waals surface area contributed by atoms with E-state index in [9.17, 15) is 0 Å². The van der Waals surface area contributed by atoms with Gasteiger partial charge in [0.15, 0.2) is 0 Å². The largest absolute Gasteiger partial charge is 0.493 e. The summed E-state index contributed by atoms with van der Waals surface area (Å²) in [4.78, 5) is 0. The molecule has 0 fully saturated rings. The monoisotopic (exact) mass is 241 g/mol. The number of rotatable bonds is 5. The van der Waals surface area contributed by atoms with Crippen LogP contribution in [0.15, 0.2) is 42.5 Å². The molecule has 18 heavy (non-hydrogen) atoms. The Morgan fingerprint density at radius 2 is 1.44 bits per heavy atom. The molecule has 0 N–H and O–H groups in total. The molecule has 0 amide bonds. The van der Waals surface area contributed by atoms with Crippen LogP contribution in [0.2, 0.25) is 0 Å². The van der Waals surface area contributed by atoms with E-state index < -0.39 is 0 Å². The summed E-state index contributed by atoms with van der Waals surface area (Å²) in [5.41, 5.74) is 2.09. The highest BCUT2D eigenvalue weighted by molar-refractivity contribution is 5.76. The fourth-order valence-electron chi connectivity index (χ4n) is 1.89. The zero-order chi connectivity index (χ0) is 12.8. The van der Waals surface area contributed by atoms with E-state index in [0.717, 1.165) is 22.6 Å². The van der Waals surface area contributed by atoms with Crippen molar-refractivity contribution < 1.29 is 9.47 Å². The molecule has 0 aliphatic heterocycles. The van der Waals surface area contributed by atoms with E-state index in [-0.39, 0.29) is 0 Å². The van der Waals surface area contributed by atoms with E-state index in [2.05, 4.69) is 18.2 Å². The van der Waals surface area contributed by atoms with Gasteiger partial charge in [0.2, 0.25) is 0 Å². The Kier molecular flexibility index (Phi) is 4.24. The minimum atomic E-state index is 0.628. The van der Waals surface area contributed by atoms with Crippen LogP contribution in [-0.2, 0) is 0 Å². The van der Waals surface area contributed by atoms with E-state index >= 15 is 0 Å².